The Balaban J connectivity index is 1.75. The van der Waals surface area contributed by atoms with Gasteiger partial charge in [-0.3, -0.25) is 9.79 Å². The lowest BCUT2D eigenvalue weighted by Crippen LogP contribution is -2.29. The van der Waals surface area contributed by atoms with Crippen molar-refractivity contribution in [2.45, 2.75) is 24.8 Å². The van der Waals surface area contributed by atoms with Gasteiger partial charge in [-0.2, -0.15) is 4.99 Å². The number of benzene rings is 1. The third kappa shape index (κ3) is 4.66. The molecule has 2 heterocycles. The number of aromatic nitrogens is 2. The van der Waals surface area contributed by atoms with Gasteiger partial charge in [0.25, 0.3) is 5.91 Å². The second kappa shape index (κ2) is 9.28. The average Bonchev–Trinajstić information content (AvgIpc) is 3.14. The highest BCUT2D eigenvalue weighted by atomic mass is 19.2. The molecule has 4 rings (SSSR count). The van der Waals surface area contributed by atoms with Crippen molar-refractivity contribution in [1.82, 2.24) is 19.2 Å². The topological polar surface area (TPSA) is 65.6 Å². The number of aliphatic imine (C=N–C) groups is 2. The number of nitrogens with zero attached hydrogens (tertiary/aromatic N) is 6. The molecule has 3 aromatic rings. The Bertz CT molecular complexity index is 1300. The van der Waals surface area contributed by atoms with Crippen LogP contribution in [0.25, 0.3) is 5.65 Å². The Morgan fingerprint density at radius 1 is 1.03 bits per heavy atom. The van der Waals surface area contributed by atoms with Crippen molar-refractivity contribution in [3.8, 4) is 0 Å². The van der Waals surface area contributed by atoms with Gasteiger partial charge < -0.3 is 14.2 Å². The van der Waals surface area contributed by atoms with E-state index in [1.807, 2.05) is 18.5 Å². The molecule has 2 atom stereocenters. The summed E-state index contributed by atoms with van der Waals surface area (Å²) in [7, 11) is 7.17. The molecule has 0 spiro atoms. The Labute approximate surface area is 195 Å². The standard InChI is InChI=1S/C24H25F3N6O/c1-31(2)12-28-20-11-22-21(9-16(20)15-8-18(26)19(27)10-17(15)25)30-23-7-14(5-6-33(22)23)24(34)29-13-32(3)4/h5-8,10,12-13,16,20H,9,11H2,1-4H3. The summed E-state index contributed by atoms with van der Waals surface area (Å²) in [5.41, 5.74) is 2.59. The van der Waals surface area contributed by atoms with Crippen LogP contribution >= 0.6 is 0 Å². The Hall–Kier alpha value is -3.69. The van der Waals surface area contributed by atoms with E-state index in [4.69, 9.17) is 0 Å². The first-order chi connectivity index (χ1) is 16.1. The van der Waals surface area contributed by atoms with Crippen molar-refractivity contribution in [3.63, 3.8) is 0 Å². The van der Waals surface area contributed by atoms with Gasteiger partial charge in [0.05, 0.1) is 24.4 Å². The van der Waals surface area contributed by atoms with Gasteiger partial charge in [-0.15, -0.1) is 0 Å². The van der Waals surface area contributed by atoms with E-state index >= 15 is 0 Å². The fourth-order valence-corrected chi connectivity index (χ4v) is 4.10. The van der Waals surface area contributed by atoms with Crippen LogP contribution in [0.3, 0.4) is 0 Å². The monoisotopic (exact) mass is 470 g/mol. The lowest BCUT2D eigenvalue weighted by molar-refractivity contribution is 0.100. The van der Waals surface area contributed by atoms with Crippen LogP contribution in [0, 0.1) is 17.5 Å². The molecule has 0 saturated carbocycles. The predicted molar refractivity (Wildman–Crippen MR) is 124 cm³/mol. The molecule has 0 saturated heterocycles. The van der Waals surface area contributed by atoms with Crippen LogP contribution in [0.4, 0.5) is 13.2 Å². The quantitative estimate of drug-likeness (QED) is 0.326. The second-order valence-electron chi connectivity index (χ2n) is 8.76. The molecule has 0 fully saturated rings. The van der Waals surface area contributed by atoms with Crippen LogP contribution in [0.1, 0.15) is 33.2 Å². The summed E-state index contributed by atoms with van der Waals surface area (Å²) in [6.07, 6.45) is 5.51. The van der Waals surface area contributed by atoms with Crippen LogP contribution in [-0.4, -0.2) is 72.0 Å². The van der Waals surface area contributed by atoms with Crippen LogP contribution in [-0.2, 0) is 12.8 Å². The number of fused-ring (bicyclic) bond motifs is 3. The van der Waals surface area contributed by atoms with E-state index in [0.29, 0.717) is 29.4 Å². The number of hydrogen-bond acceptors (Lipinski definition) is 3. The Morgan fingerprint density at radius 2 is 1.74 bits per heavy atom. The molecule has 178 valence electrons. The van der Waals surface area contributed by atoms with E-state index in [1.54, 1.807) is 48.6 Å². The van der Waals surface area contributed by atoms with Gasteiger partial charge in [-0.05, 0) is 23.8 Å². The third-order valence-electron chi connectivity index (χ3n) is 5.67. The fourth-order valence-electron chi connectivity index (χ4n) is 4.10. The molecular weight excluding hydrogens is 445 g/mol. The maximum atomic E-state index is 14.7. The summed E-state index contributed by atoms with van der Waals surface area (Å²) in [6.45, 7) is 0. The molecule has 1 amide bonds. The van der Waals surface area contributed by atoms with E-state index in [9.17, 15) is 18.0 Å². The number of hydrogen-bond donors (Lipinski definition) is 0. The zero-order valence-electron chi connectivity index (χ0n) is 19.3. The molecule has 34 heavy (non-hydrogen) atoms. The normalized spacial score (nSPS) is 18.1. The summed E-state index contributed by atoms with van der Waals surface area (Å²) in [5, 5.41) is 0. The van der Waals surface area contributed by atoms with Crippen molar-refractivity contribution in [1.29, 1.82) is 0 Å². The number of halogens is 3. The maximum absolute atomic E-state index is 14.7. The van der Waals surface area contributed by atoms with Gasteiger partial charge >= 0.3 is 0 Å². The number of pyridine rings is 1. The van der Waals surface area contributed by atoms with Gasteiger partial charge in [-0.25, -0.2) is 18.2 Å². The van der Waals surface area contributed by atoms with Crippen molar-refractivity contribution < 1.29 is 18.0 Å². The molecule has 10 heteroatoms. The number of rotatable bonds is 5. The highest BCUT2D eigenvalue weighted by molar-refractivity contribution is 5.99. The van der Waals surface area contributed by atoms with Crippen molar-refractivity contribution in [2.24, 2.45) is 9.98 Å². The van der Waals surface area contributed by atoms with Gasteiger partial charge in [0, 0.05) is 70.5 Å². The molecule has 1 aliphatic carbocycles. The lowest BCUT2D eigenvalue weighted by atomic mass is 9.80. The lowest BCUT2D eigenvalue weighted by Gasteiger charge is -2.29. The number of carbonyl (C=O) groups is 1. The molecule has 1 aliphatic rings. The maximum Gasteiger partial charge on any atom is 0.278 e. The Morgan fingerprint density at radius 3 is 2.44 bits per heavy atom. The first-order valence-corrected chi connectivity index (χ1v) is 10.7. The molecule has 0 aliphatic heterocycles. The summed E-state index contributed by atoms with van der Waals surface area (Å²) < 4.78 is 44.1. The molecule has 7 nitrogen and oxygen atoms in total. The van der Waals surface area contributed by atoms with Crippen LogP contribution < -0.4 is 0 Å². The summed E-state index contributed by atoms with van der Waals surface area (Å²) >= 11 is 0. The zero-order valence-corrected chi connectivity index (χ0v) is 19.3. The minimum Gasteiger partial charge on any atom is -0.369 e. The van der Waals surface area contributed by atoms with Gasteiger partial charge in [-0.1, -0.05) is 0 Å². The number of amides is 1. The van der Waals surface area contributed by atoms with E-state index in [1.165, 1.54) is 6.34 Å². The average molecular weight is 470 g/mol. The van der Waals surface area contributed by atoms with Gasteiger partial charge in [0.15, 0.2) is 11.6 Å². The summed E-state index contributed by atoms with van der Waals surface area (Å²) in [5.74, 6) is -4.07. The van der Waals surface area contributed by atoms with Crippen LogP contribution in [0.2, 0.25) is 0 Å². The summed E-state index contributed by atoms with van der Waals surface area (Å²) in [6, 6.07) is 4.39. The molecule has 0 bridgehead atoms. The fraction of sp³-hybridized carbons (Fsp3) is 0.333. The van der Waals surface area contributed by atoms with Gasteiger partial charge in [0.1, 0.15) is 11.5 Å². The second-order valence-corrected chi connectivity index (χ2v) is 8.76. The Kier molecular flexibility index (Phi) is 6.41. The number of imidazole rings is 1. The van der Waals surface area contributed by atoms with E-state index in [2.05, 4.69) is 15.0 Å². The summed E-state index contributed by atoms with van der Waals surface area (Å²) in [4.78, 5) is 29.0. The zero-order chi connectivity index (χ0) is 24.6. The third-order valence-corrected chi connectivity index (χ3v) is 5.67. The molecule has 0 N–H and O–H groups in total. The predicted octanol–water partition coefficient (Wildman–Crippen LogP) is 3.32. The highest BCUT2D eigenvalue weighted by Gasteiger charge is 2.34. The molecular formula is C24H25F3N6O. The smallest absolute Gasteiger partial charge is 0.278 e. The minimum atomic E-state index is -1.23. The largest absolute Gasteiger partial charge is 0.369 e. The minimum absolute atomic E-state index is 0.0661. The number of carbonyl (C=O) groups excluding carboxylic acids is 1. The van der Waals surface area contributed by atoms with E-state index in [0.717, 1.165) is 11.8 Å². The molecule has 2 aromatic heterocycles. The van der Waals surface area contributed by atoms with E-state index in [-0.39, 0.29) is 12.0 Å². The molecule has 1 aromatic carbocycles. The van der Waals surface area contributed by atoms with Gasteiger partial charge in [0.2, 0.25) is 0 Å². The van der Waals surface area contributed by atoms with Crippen molar-refractivity contribution in [3.05, 3.63) is 70.4 Å². The first-order valence-electron chi connectivity index (χ1n) is 10.7. The highest BCUT2D eigenvalue weighted by Crippen LogP contribution is 2.37. The van der Waals surface area contributed by atoms with Crippen LogP contribution in [0.5, 0.6) is 0 Å². The first kappa shape index (κ1) is 23.5. The molecule has 0 radical (unpaired) electrons. The van der Waals surface area contributed by atoms with Crippen molar-refractivity contribution in [2.75, 3.05) is 28.2 Å². The SMILES string of the molecule is CN(C)C=NC(=O)c1ccn2c3c(nc2c1)CC(c1cc(F)c(F)cc1F)C(N=CN(C)C)C3. The van der Waals surface area contributed by atoms with E-state index < -0.39 is 35.3 Å². The molecule has 2 unspecified atom stereocenters. The van der Waals surface area contributed by atoms with Crippen LogP contribution in [0.15, 0.2) is 40.4 Å². The van der Waals surface area contributed by atoms with Crippen molar-refractivity contribution >= 4 is 24.2 Å².